The van der Waals surface area contributed by atoms with Crippen LogP contribution in [0.15, 0.2) is 48.5 Å². The van der Waals surface area contributed by atoms with Crippen molar-refractivity contribution in [2.75, 3.05) is 19.8 Å². The first-order valence-electron chi connectivity index (χ1n) is 9.97. The number of para-hydroxylation sites is 2. The molecule has 4 aromatic rings. The maximum absolute atomic E-state index is 3.65. The van der Waals surface area contributed by atoms with E-state index in [-0.39, 0.29) is 0 Å². The Labute approximate surface area is 158 Å². The van der Waals surface area contributed by atoms with Gasteiger partial charge in [0.25, 0.3) is 0 Å². The number of nitrogens with zero attached hydrogens (tertiary/aromatic N) is 2. The summed E-state index contributed by atoms with van der Waals surface area (Å²) in [6.45, 7) is 5.39. The fraction of sp³-hybridized carbons (Fsp3) is 0.304. The molecule has 2 aromatic heterocycles. The molecule has 0 fully saturated rings. The summed E-state index contributed by atoms with van der Waals surface area (Å²) in [7, 11) is 0. The van der Waals surface area contributed by atoms with Gasteiger partial charge >= 0.3 is 0 Å². The lowest BCUT2D eigenvalue weighted by molar-refractivity contribution is 0.108. The Bertz CT molecular complexity index is 1050. The van der Waals surface area contributed by atoms with E-state index < -0.39 is 0 Å². The van der Waals surface area contributed by atoms with Crippen molar-refractivity contribution in [1.29, 1.82) is 0 Å². The highest BCUT2D eigenvalue weighted by Gasteiger charge is 2.25. The first-order valence-corrected chi connectivity index (χ1v) is 9.97. The Balaban J connectivity index is 1.21. The molecular weight excluding hydrogens is 332 g/mol. The molecule has 0 bridgehead atoms. The summed E-state index contributed by atoms with van der Waals surface area (Å²) in [5.74, 6) is 0. The molecule has 27 heavy (non-hydrogen) atoms. The van der Waals surface area contributed by atoms with E-state index in [1.807, 2.05) is 0 Å². The molecule has 2 aliphatic rings. The Hall–Kier alpha value is -2.56. The lowest BCUT2D eigenvalue weighted by Gasteiger charge is -2.34. The number of aromatic amines is 2. The second-order valence-corrected chi connectivity index (χ2v) is 8.00. The van der Waals surface area contributed by atoms with Crippen LogP contribution in [-0.2, 0) is 25.9 Å². The Kier molecular flexibility index (Phi) is 3.43. The number of hydrogen-bond donors (Lipinski definition) is 2. The van der Waals surface area contributed by atoms with E-state index in [2.05, 4.69) is 68.3 Å². The smallest absolute Gasteiger partial charge is 0.0514 e. The molecule has 136 valence electrons. The van der Waals surface area contributed by atoms with Gasteiger partial charge in [-0.2, -0.15) is 0 Å². The summed E-state index contributed by atoms with van der Waals surface area (Å²) in [6.07, 6.45) is 2.29. The maximum atomic E-state index is 3.65. The number of benzene rings is 2. The summed E-state index contributed by atoms with van der Waals surface area (Å²) in [5, 5.41) is 2.82. The average Bonchev–Trinajstić information content (AvgIpc) is 3.25. The van der Waals surface area contributed by atoms with E-state index in [9.17, 15) is 0 Å². The van der Waals surface area contributed by atoms with Crippen molar-refractivity contribution in [3.63, 3.8) is 0 Å². The largest absolute Gasteiger partial charge is 0.357 e. The van der Waals surface area contributed by atoms with Crippen molar-refractivity contribution in [1.82, 2.24) is 19.8 Å². The van der Waals surface area contributed by atoms with Gasteiger partial charge in [-0.05, 0) is 36.1 Å². The number of rotatable bonds is 2. The highest BCUT2D eigenvalue weighted by molar-refractivity contribution is 5.85. The van der Waals surface area contributed by atoms with Gasteiger partial charge in [0.15, 0.2) is 0 Å². The van der Waals surface area contributed by atoms with Crippen LogP contribution >= 0.6 is 0 Å². The topological polar surface area (TPSA) is 38.1 Å². The third-order valence-corrected chi connectivity index (χ3v) is 6.32. The molecule has 0 saturated carbocycles. The number of nitrogens with one attached hydrogen (secondary N) is 2. The van der Waals surface area contributed by atoms with E-state index in [1.54, 1.807) is 0 Å². The number of aromatic nitrogens is 2. The highest BCUT2D eigenvalue weighted by Crippen LogP contribution is 2.30. The van der Waals surface area contributed by atoms with Crippen LogP contribution in [0.5, 0.6) is 0 Å². The maximum Gasteiger partial charge on any atom is 0.0514 e. The molecular formula is C23H24N4. The van der Waals surface area contributed by atoms with Gasteiger partial charge in [-0.15, -0.1) is 0 Å². The zero-order valence-electron chi connectivity index (χ0n) is 15.5. The quantitative estimate of drug-likeness (QED) is 0.569. The van der Waals surface area contributed by atoms with Crippen LogP contribution in [0.1, 0.15) is 22.5 Å². The van der Waals surface area contributed by atoms with E-state index in [1.165, 1.54) is 44.3 Å². The lowest BCUT2D eigenvalue weighted by Crippen LogP contribution is -2.42. The summed E-state index contributed by atoms with van der Waals surface area (Å²) in [6, 6.07) is 17.4. The van der Waals surface area contributed by atoms with Crippen LogP contribution in [0.3, 0.4) is 0 Å². The summed E-state index contributed by atoms with van der Waals surface area (Å²) in [4.78, 5) is 12.5. The first-order chi connectivity index (χ1) is 13.3. The van der Waals surface area contributed by atoms with Crippen molar-refractivity contribution < 1.29 is 0 Å². The Morgan fingerprint density at radius 3 is 1.67 bits per heavy atom. The van der Waals surface area contributed by atoms with Crippen LogP contribution in [0.25, 0.3) is 21.8 Å². The minimum Gasteiger partial charge on any atom is -0.357 e. The van der Waals surface area contributed by atoms with Crippen LogP contribution < -0.4 is 0 Å². The molecule has 6 rings (SSSR count). The van der Waals surface area contributed by atoms with Gasteiger partial charge in [0.05, 0.1) is 6.67 Å². The van der Waals surface area contributed by atoms with Crippen LogP contribution in [0.4, 0.5) is 0 Å². The van der Waals surface area contributed by atoms with Crippen LogP contribution in [-0.4, -0.2) is 39.5 Å². The monoisotopic (exact) mass is 356 g/mol. The molecule has 0 radical (unpaired) electrons. The highest BCUT2D eigenvalue weighted by atomic mass is 15.3. The fourth-order valence-corrected chi connectivity index (χ4v) is 5.02. The van der Waals surface area contributed by atoms with Crippen molar-refractivity contribution in [2.24, 2.45) is 0 Å². The zero-order valence-corrected chi connectivity index (χ0v) is 15.5. The van der Waals surface area contributed by atoms with Crippen LogP contribution in [0, 0.1) is 0 Å². The average molecular weight is 356 g/mol. The minimum absolute atomic E-state index is 1.03. The third kappa shape index (κ3) is 2.52. The van der Waals surface area contributed by atoms with Gasteiger partial charge in [0.1, 0.15) is 0 Å². The first kappa shape index (κ1) is 15.5. The summed E-state index contributed by atoms with van der Waals surface area (Å²) in [5.41, 5.74) is 8.43. The zero-order chi connectivity index (χ0) is 17.8. The summed E-state index contributed by atoms with van der Waals surface area (Å²) < 4.78 is 0. The molecule has 0 saturated heterocycles. The number of H-pyrrole nitrogens is 2. The van der Waals surface area contributed by atoms with Gasteiger partial charge in [0, 0.05) is 59.4 Å². The molecule has 0 spiro atoms. The van der Waals surface area contributed by atoms with Crippen molar-refractivity contribution in [3.05, 3.63) is 71.0 Å². The van der Waals surface area contributed by atoms with Crippen LogP contribution in [0.2, 0.25) is 0 Å². The fourth-order valence-electron chi connectivity index (χ4n) is 5.02. The van der Waals surface area contributed by atoms with Gasteiger partial charge < -0.3 is 9.97 Å². The second-order valence-electron chi connectivity index (χ2n) is 8.00. The molecule has 0 atom stereocenters. The van der Waals surface area contributed by atoms with Gasteiger partial charge in [0.2, 0.25) is 0 Å². The molecule has 0 unspecified atom stereocenters. The van der Waals surface area contributed by atoms with Gasteiger partial charge in [-0.25, -0.2) is 0 Å². The normalized spacial score (nSPS) is 18.1. The van der Waals surface area contributed by atoms with Crippen molar-refractivity contribution in [3.8, 4) is 0 Å². The van der Waals surface area contributed by atoms with Gasteiger partial charge in [-0.1, -0.05) is 36.4 Å². The van der Waals surface area contributed by atoms with Crippen molar-refractivity contribution in [2.45, 2.75) is 25.9 Å². The van der Waals surface area contributed by atoms with E-state index in [0.29, 0.717) is 0 Å². The molecule has 4 nitrogen and oxygen atoms in total. The molecule has 2 aliphatic heterocycles. The molecule has 2 N–H and O–H groups in total. The molecule has 4 heteroatoms. The minimum atomic E-state index is 1.03. The molecule has 0 amide bonds. The molecule has 4 heterocycles. The number of fused-ring (bicyclic) bond motifs is 6. The SMILES string of the molecule is c1ccc2c3c([nH]c2c1)CN(CN1CCc2c([nH]c4ccccc24)C1)CC3. The lowest BCUT2D eigenvalue weighted by atomic mass is 10.0. The molecule has 2 aromatic carbocycles. The predicted octanol–water partition coefficient (Wildman–Crippen LogP) is 4.02. The van der Waals surface area contributed by atoms with E-state index >= 15 is 0 Å². The Morgan fingerprint density at radius 2 is 1.15 bits per heavy atom. The summed E-state index contributed by atoms with van der Waals surface area (Å²) >= 11 is 0. The van der Waals surface area contributed by atoms with E-state index in [0.717, 1.165) is 45.7 Å². The Morgan fingerprint density at radius 1 is 0.667 bits per heavy atom. The second kappa shape index (κ2) is 5.98. The third-order valence-electron chi connectivity index (χ3n) is 6.32. The molecule has 0 aliphatic carbocycles. The van der Waals surface area contributed by atoms with Crippen molar-refractivity contribution >= 4 is 21.8 Å². The standard InChI is InChI=1S/C23H24N4/c1-3-7-20-16(5-1)18-9-11-26(13-22(18)24-20)15-27-12-10-19-17-6-2-4-8-21(17)25-23(19)14-27/h1-8,24-25H,9-15H2. The van der Waals surface area contributed by atoms with Gasteiger partial charge in [-0.3, -0.25) is 9.80 Å². The van der Waals surface area contributed by atoms with E-state index in [4.69, 9.17) is 0 Å². The number of hydrogen-bond acceptors (Lipinski definition) is 2. The predicted molar refractivity (Wildman–Crippen MR) is 110 cm³/mol.